The minimum atomic E-state index is -0.127. The number of hydrogen-bond donors (Lipinski definition) is 0. The fourth-order valence-corrected chi connectivity index (χ4v) is 6.17. The summed E-state index contributed by atoms with van der Waals surface area (Å²) in [6, 6.07) is 28.2. The van der Waals surface area contributed by atoms with Crippen molar-refractivity contribution < 1.29 is 4.74 Å². The minimum absolute atomic E-state index is 0.127. The molecule has 3 aromatic carbocycles. The summed E-state index contributed by atoms with van der Waals surface area (Å²) in [6.45, 7) is 2.07. The maximum absolute atomic E-state index is 14.0. The van der Waals surface area contributed by atoms with E-state index in [2.05, 4.69) is 49.4 Å². The smallest absolute Gasteiger partial charge is 0.276 e. The van der Waals surface area contributed by atoms with Crippen LogP contribution in [0.2, 0.25) is 0 Å². The molecule has 0 N–H and O–H groups in total. The molecule has 6 aromatic rings. The summed E-state index contributed by atoms with van der Waals surface area (Å²) in [5.74, 6) is 0.618. The monoisotopic (exact) mass is 521 g/mol. The Hall–Kier alpha value is -3.94. The van der Waals surface area contributed by atoms with Crippen LogP contribution in [0.1, 0.15) is 5.56 Å². The summed E-state index contributed by atoms with van der Waals surface area (Å²) >= 11 is 2.83. The van der Waals surface area contributed by atoms with Gasteiger partial charge in [0.1, 0.15) is 15.3 Å². The third kappa shape index (κ3) is 4.00. The molecule has 5 nitrogen and oxygen atoms in total. The fraction of sp³-hybridized carbons (Fsp3) is 0.100. The molecule has 3 heterocycles. The standard InChI is InChI=1S/C30H23N3O2S2/c1-18-13-15-20(16-14-18)22-17-21(19-9-5-4-6-10-19)25-26-27(37-28(25)31-22)29(34)33(30(32-26)36-3)23-11-7-8-12-24(23)35-2/h4-17H,1-3H3. The van der Waals surface area contributed by atoms with E-state index in [9.17, 15) is 4.79 Å². The van der Waals surface area contributed by atoms with E-state index in [0.29, 0.717) is 26.8 Å². The van der Waals surface area contributed by atoms with Crippen LogP contribution in [0.4, 0.5) is 0 Å². The quantitative estimate of drug-likeness (QED) is 0.175. The Morgan fingerprint density at radius 1 is 0.892 bits per heavy atom. The number of aromatic nitrogens is 3. The van der Waals surface area contributed by atoms with Gasteiger partial charge in [0.25, 0.3) is 5.56 Å². The van der Waals surface area contributed by atoms with Gasteiger partial charge in [0.05, 0.1) is 24.0 Å². The molecule has 37 heavy (non-hydrogen) atoms. The summed E-state index contributed by atoms with van der Waals surface area (Å²) in [6.07, 6.45) is 1.93. The first-order chi connectivity index (χ1) is 18.1. The van der Waals surface area contributed by atoms with Crippen LogP contribution < -0.4 is 10.3 Å². The van der Waals surface area contributed by atoms with Crippen LogP contribution in [0.15, 0.2) is 94.9 Å². The molecule has 0 aliphatic carbocycles. The van der Waals surface area contributed by atoms with E-state index in [0.717, 1.165) is 32.6 Å². The molecular weight excluding hydrogens is 498 g/mol. The largest absolute Gasteiger partial charge is 0.495 e. The third-order valence-electron chi connectivity index (χ3n) is 6.37. The van der Waals surface area contributed by atoms with Crippen molar-refractivity contribution >= 4 is 43.5 Å². The zero-order valence-electron chi connectivity index (χ0n) is 20.6. The lowest BCUT2D eigenvalue weighted by molar-refractivity contribution is 0.411. The number of pyridine rings is 1. The van der Waals surface area contributed by atoms with Crippen molar-refractivity contribution in [3.63, 3.8) is 0 Å². The SMILES string of the molecule is COc1ccccc1-n1c(SC)nc2c(sc3nc(-c4ccc(C)cc4)cc(-c4ccccc4)c32)c1=O. The van der Waals surface area contributed by atoms with Crippen LogP contribution in [0.3, 0.4) is 0 Å². The molecule has 0 aliphatic heterocycles. The second-order valence-corrected chi connectivity index (χ2v) is 10.4. The fourth-order valence-electron chi connectivity index (χ4n) is 4.55. The van der Waals surface area contributed by atoms with Gasteiger partial charge >= 0.3 is 0 Å². The lowest BCUT2D eigenvalue weighted by Crippen LogP contribution is -2.21. The highest BCUT2D eigenvalue weighted by Crippen LogP contribution is 2.40. The molecule has 0 bridgehead atoms. The normalized spacial score (nSPS) is 11.3. The Balaban J connectivity index is 1.71. The third-order valence-corrected chi connectivity index (χ3v) is 8.07. The van der Waals surface area contributed by atoms with Crippen molar-refractivity contribution in [1.29, 1.82) is 0 Å². The number of hydrogen-bond acceptors (Lipinski definition) is 6. The van der Waals surface area contributed by atoms with Gasteiger partial charge < -0.3 is 4.74 Å². The molecule has 0 amide bonds. The molecule has 0 fully saturated rings. The lowest BCUT2D eigenvalue weighted by Gasteiger charge is -2.14. The molecule has 6 rings (SSSR count). The van der Waals surface area contributed by atoms with Crippen LogP contribution in [-0.4, -0.2) is 27.9 Å². The van der Waals surface area contributed by atoms with E-state index in [4.69, 9.17) is 14.7 Å². The van der Waals surface area contributed by atoms with Gasteiger partial charge in [0.2, 0.25) is 0 Å². The van der Waals surface area contributed by atoms with Gasteiger partial charge in [0.15, 0.2) is 5.16 Å². The molecule has 0 saturated carbocycles. The molecular formula is C30H23N3O2S2. The second-order valence-electron chi connectivity index (χ2n) is 8.66. The van der Waals surface area contributed by atoms with Crippen molar-refractivity contribution in [3.05, 3.63) is 101 Å². The predicted octanol–water partition coefficient (Wildman–Crippen LogP) is 7.37. The van der Waals surface area contributed by atoms with Crippen LogP contribution >= 0.6 is 23.1 Å². The summed E-state index contributed by atoms with van der Waals surface area (Å²) in [5, 5.41) is 1.50. The Morgan fingerprint density at radius 2 is 1.62 bits per heavy atom. The van der Waals surface area contributed by atoms with Gasteiger partial charge in [-0.3, -0.25) is 9.36 Å². The maximum atomic E-state index is 14.0. The van der Waals surface area contributed by atoms with Gasteiger partial charge in [-0.15, -0.1) is 11.3 Å². The molecule has 0 saturated heterocycles. The molecule has 0 radical (unpaired) electrons. The summed E-state index contributed by atoms with van der Waals surface area (Å²) in [7, 11) is 1.61. The average Bonchev–Trinajstić information content (AvgIpc) is 3.32. The van der Waals surface area contributed by atoms with E-state index in [1.165, 1.54) is 28.7 Å². The lowest BCUT2D eigenvalue weighted by atomic mass is 9.99. The minimum Gasteiger partial charge on any atom is -0.495 e. The van der Waals surface area contributed by atoms with Crippen LogP contribution in [0.25, 0.3) is 48.5 Å². The molecule has 0 atom stereocenters. The van der Waals surface area contributed by atoms with Crippen LogP contribution in [-0.2, 0) is 0 Å². The first kappa shape index (κ1) is 23.5. The molecule has 182 valence electrons. The highest BCUT2D eigenvalue weighted by atomic mass is 32.2. The number of fused-ring (bicyclic) bond motifs is 3. The number of benzene rings is 3. The molecule has 0 spiro atoms. The first-order valence-corrected chi connectivity index (χ1v) is 13.8. The van der Waals surface area contributed by atoms with Crippen molar-refractivity contribution in [2.24, 2.45) is 0 Å². The van der Waals surface area contributed by atoms with Crippen LogP contribution in [0, 0.1) is 6.92 Å². The summed E-state index contributed by atoms with van der Waals surface area (Å²) in [5.41, 5.74) is 6.40. The molecule has 3 aromatic heterocycles. The Labute approximate surface area is 222 Å². The summed E-state index contributed by atoms with van der Waals surface area (Å²) in [4.78, 5) is 24.9. The molecule has 0 aliphatic rings. The number of rotatable bonds is 5. The van der Waals surface area contributed by atoms with Gasteiger partial charge in [-0.05, 0) is 42.5 Å². The zero-order valence-corrected chi connectivity index (χ0v) is 22.2. The Bertz CT molecular complexity index is 1820. The van der Waals surface area contributed by atoms with E-state index < -0.39 is 0 Å². The second kappa shape index (κ2) is 9.50. The number of thioether (sulfide) groups is 1. The van der Waals surface area contributed by atoms with Crippen molar-refractivity contribution in [1.82, 2.24) is 14.5 Å². The number of ether oxygens (including phenoxy) is 1. The van der Waals surface area contributed by atoms with Crippen molar-refractivity contribution in [2.75, 3.05) is 13.4 Å². The number of nitrogens with zero attached hydrogens (tertiary/aromatic N) is 3. The van der Waals surface area contributed by atoms with E-state index in [1.54, 1.807) is 11.7 Å². The summed E-state index contributed by atoms with van der Waals surface area (Å²) < 4.78 is 7.79. The van der Waals surface area contributed by atoms with Gasteiger partial charge in [-0.1, -0.05) is 84.1 Å². The predicted molar refractivity (Wildman–Crippen MR) is 154 cm³/mol. The number of para-hydroxylation sites is 2. The van der Waals surface area contributed by atoms with Gasteiger partial charge in [0, 0.05) is 10.9 Å². The van der Waals surface area contributed by atoms with Crippen molar-refractivity contribution in [3.8, 4) is 33.8 Å². The molecule has 7 heteroatoms. The van der Waals surface area contributed by atoms with Gasteiger partial charge in [-0.25, -0.2) is 9.97 Å². The topological polar surface area (TPSA) is 57.0 Å². The van der Waals surface area contributed by atoms with E-state index >= 15 is 0 Å². The van der Waals surface area contributed by atoms with Crippen LogP contribution in [0.5, 0.6) is 5.75 Å². The van der Waals surface area contributed by atoms with E-state index in [-0.39, 0.29) is 5.56 Å². The first-order valence-electron chi connectivity index (χ1n) is 11.8. The average molecular weight is 522 g/mol. The zero-order chi connectivity index (χ0) is 25.5. The highest BCUT2D eigenvalue weighted by molar-refractivity contribution is 7.98. The van der Waals surface area contributed by atoms with Gasteiger partial charge in [-0.2, -0.15) is 0 Å². The number of methoxy groups -OCH3 is 1. The Kier molecular flexibility index (Phi) is 6.02. The van der Waals surface area contributed by atoms with E-state index in [1.807, 2.05) is 48.7 Å². The number of thiophene rings is 1. The Morgan fingerprint density at radius 3 is 2.35 bits per heavy atom. The van der Waals surface area contributed by atoms with Crippen molar-refractivity contribution in [2.45, 2.75) is 12.1 Å². The highest BCUT2D eigenvalue weighted by Gasteiger charge is 2.22. The maximum Gasteiger partial charge on any atom is 0.276 e. The molecule has 0 unspecified atom stereocenters. The number of aryl methyl sites for hydroxylation is 1.